The van der Waals surface area contributed by atoms with Gasteiger partial charge in [0.25, 0.3) is 0 Å². The van der Waals surface area contributed by atoms with E-state index in [9.17, 15) is 4.79 Å². The van der Waals surface area contributed by atoms with Gasteiger partial charge in [-0.15, -0.1) is 0 Å². The molecular formula is C18H23ClO2. The minimum atomic E-state index is -0.148. The van der Waals surface area contributed by atoms with Gasteiger partial charge in [0.05, 0.1) is 7.11 Å². The molecule has 1 rings (SSSR count). The Balaban J connectivity index is 2.45. The Labute approximate surface area is 132 Å². The SMILES string of the molecule is COC(=O)CCC/C=C/C(C)(C)C=Cc1ccc(Cl)cc1. The molecule has 0 spiro atoms. The highest BCUT2D eigenvalue weighted by Gasteiger charge is 2.08. The highest BCUT2D eigenvalue weighted by Crippen LogP contribution is 2.22. The zero-order valence-electron chi connectivity index (χ0n) is 12.9. The van der Waals surface area contributed by atoms with Crippen molar-refractivity contribution < 1.29 is 9.53 Å². The number of allylic oxidation sites excluding steroid dienone is 3. The zero-order valence-corrected chi connectivity index (χ0v) is 13.7. The second-order valence-electron chi connectivity index (χ2n) is 5.58. The van der Waals surface area contributed by atoms with Crippen molar-refractivity contribution in [3.63, 3.8) is 0 Å². The van der Waals surface area contributed by atoms with Gasteiger partial charge in [0.1, 0.15) is 0 Å². The Morgan fingerprint density at radius 2 is 1.90 bits per heavy atom. The smallest absolute Gasteiger partial charge is 0.305 e. The fourth-order valence-electron chi connectivity index (χ4n) is 1.79. The van der Waals surface area contributed by atoms with Crippen LogP contribution in [-0.2, 0) is 9.53 Å². The van der Waals surface area contributed by atoms with E-state index in [2.05, 4.69) is 42.9 Å². The number of methoxy groups -OCH3 is 1. The van der Waals surface area contributed by atoms with E-state index in [1.54, 1.807) is 0 Å². The molecule has 0 aliphatic heterocycles. The number of esters is 1. The highest BCUT2D eigenvalue weighted by molar-refractivity contribution is 6.30. The van der Waals surface area contributed by atoms with Crippen molar-refractivity contribution in [2.75, 3.05) is 7.11 Å². The van der Waals surface area contributed by atoms with E-state index >= 15 is 0 Å². The molecule has 0 amide bonds. The molecule has 2 nitrogen and oxygen atoms in total. The number of benzene rings is 1. The zero-order chi connectivity index (χ0) is 15.7. The van der Waals surface area contributed by atoms with E-state index in [0.29, 0.717) is 6.42 Å². The van der Waals surface area contributed by atoms with Crippen LogP contribution in [0.25, 0.3) is 6.08 Å². The first kappa shape index (κ1) is 17.5. The molecule has 0 heterocycles. The van der Waals surface area contributed by atoms with Crippen LogP contribution in [0, 0.1) is 5.41 Å². The molecule has 1 aromatic rings. The lowest BCUT2D eigenvalue weighted by Gasteiger charge is -2.14. The molecule has 0 bridgehead atoms. The molecule has 3 heteroatoms. The largest absolute Gasteiger partial charge is 0.469 e. The quantitative estimate of drug-likeness (QED) is 0.389. The topological polar surface area (TPSA) is 26.3 Å². The van der Waals surface area contributed by atoms with Gasteiger partial charge in [-0.05, 0) is 30.5 Å². The number of hydrogen-bond acceptors (Lipinski definition) is 2. The third-order valence-corrected chi connectivity index (χ3v) is 3.35. The van der Waals surface area contributed by atoms with Crippen molar-refractivity contribution >= 4 is 23.6 Å². The fraction of sp³-hybridized carbons (Fsp3) is 0.389. The van der Waals surface area contributed by atoms with Crippen LogP contribution in [0.2, 0.25) is 5.02 Å². The lowest BCUT2D eigenvalue weighted by Crippen LogP contribution is -2.02. The maximum Gasteiger partial charge on any atom is 0.305 e. The van der Waals surface area contributed by atoms with Crippen LogP contribution in [0.1, 0.15) is 38.7 Å². The average Bonchev–Trinajstić information content (AvgIpc) is 2.46. The number of carbonyl (C=O) groups is 1. The second-order valence-corrected chi connectivity index (χ2v) is 6.01. The molecule has 0 aliphatic carbocycles. The number of unbranched alkanes of at least 4 members (excludes halogenated alkanes) is 1. The van der Waals surface area contributed by atoms with E-state index in [-0.39, 0.29) is 11.4 Å². The molecule has 0 atom stereocenters. The highest BCUT2D eigenvalue weighted by atomic mass is 35.5. The molecule has 114 valence electrons. The molecule has 0 N–H and O–H groups in total. The summed E-state index contributed by atoms with van der Waals surface area (Å²) in [6.45, 7) is 4.30. The monoisotopic (exact) mass is 306 g/mol. The first-order valence-electron chi connectivity index (χ1n) is 7.12. The number of hydrogen-bond donors (Lipinski definition) is 0. The van der Waals surface area contributed by atoms with E-state index < -0.39 is 0 Å². The van der Waals surface area contributed by atoms with Gasteiger partial charge in [-0.25, -0.2) is 0 Å². The van der Waals surface area contributed by atoms with E-state index in [0.717, 1.165) is 23.4 Å². The van der Waals surface area contributed by atoms with Crippen LogP contribution in [0.15, 0.2) is 42.5 Å². The third-order valence-electron chi connectivity index (χ3n) is 3.10. The first-order valence-corrected chi connectivity index (χ1v) is 7.50. The summed E-state index contributed by atoms with van der Waals surface area (Å²) in [5.41, 5.74) is 1.11. The first-order chi connectivity index (χ1) is 9.93. The van der Waals surface area contributed by atoms with Crippen LogP contribution in [-0.4, -0.2) is 13.1 Å². The molecular weight excluding hydrogens is 284 g/mol. The maximum absolute atomic E-state index is 11.0. The maximum atomic E-state index is 11.0. The van der Waals surface area contributed by atoms with Gasteiger partial charge in [0.15, 0.2) is 0 Å². The molecule has 1 aromatic carbocycles. The fourth-order valence-corrected chi connectivity index (χ4v) is 1.92. The molecule has 21 heavy (non-hydrogen) atoms. The standard InChI is InChI=1S/C18H23ClO2/c1-18(2,13-6-4-5-7-17(20)21-3)14-12-15-8-10-16(19)11-9-15/h6,8-14H,4-5,7H2,1-3H3/b13-6+,14-12?. The van der Waals surface area contributed by atoms with Crippen LogP contribution < -0.4 is 0 Å². The number of rotatable bonds is 7. The van der Waals surface area contributed by atoms with E-state index in [1.165, 1.54) is 7.11 Å². The predicted octanol–water partition coefficient (Wildman–Crippen LogP) is 5.28. The summed E-state index contributed by atoms with van der Waals surface area (Å²) in [6.07, 6.45) is 10.7. The minimum Gasteiger partial charge on any atom is -0.469 e. The Morgan fingerprint density at radius 3 is 2.52 bits per heavy atom. The van der Waals surface area contributed by atoms with Gasteiger partial charge in [0, 0.05) is 16.9 Å². The van der Waals surface area contributed by atoms with Gasteiger partial charge in [-0.2, -0.15) is 0 Å². The van der Waals surface area contributed by atoms with Gasteiger partial charge >= 0.3 is 5.97 Å². The van der Waals surface area contributed by atoms with E-state index in [1.807, 2.05) is 24.3 Å². The summed E-state index contributed by atoms with van der Waals surface area (Å²) >= 11 is 5.86. The number of ether oxygens (including phenoxy) is 1. The van der Waals surface area contributed by atoms with Gasteiger partial charge in [-0.1, -0.05) is 61.9 Å². The molecule has 0 fully saturated rings. The summed E-state index contributed by atoms with van der Waals surface area (Å²) in [6, 6.07) is 7.76. The number of halogens is 1. The van der Waals surface area contributed by atoms with Gasteiger partial charge in [0.2, 0.25) is 0 Å². The molecule has 0 aromatic heterocycles. The Bertz CT molecular complexity index is 498. The minimum absolute atomic E-state index is 0.0229. The Morgan fingerprint density at radius 1 is 1.24 bits per heavy atom. The Hall–Kier alpha value is -1.54. The summed E-state index contributed by atoms with van der Waals surface area (Å²) in [4.78, 5) is 11.0. The molecule has 0 unspecified atom stereocenters. The summed E-state index contributed by atoms with van der Waals surface area (Å²) in [5.74, 6) is -0.148. The van der Waals surface area contributed by atoms with Crippen molar-refractivity contribution in [1.82, 2.24) is 0 Å². The third kappa shape index (κ3) is 7.72. The van der Waals surface area contributed by atoms with E-state index in [4.69, 9.17) is 11.6 Å². The van der Waals surface area contributed by atoms with Crippen molar-refractivity contribution in [3.05, 3.63) is 53.1 Å². The molecule has 0 saturated carbocycles. The van der Waals surface area contributed by atoms with Crippen molar-refractivity contribution in [1.29, 1.82) is 0 Å². The van der Waals surface area contributed by atoms with Crippen molar-refractivity contribution in [3.8, 4) is 0 Å². The summed E-state index contributed by atoms with van der Waals surface area (Å²) in [5, 5.41) is 0.747. The van der Waals surface area contributed by atoms with Crippen molar-refractivity contribution in [2.45, 2.75) is 33.1 Å². The summed E-state index contributed by atoms with van der Waals surface area (Å²) < 4.78 is 4.61. The lowest BCUT2D eigenvalue weighted by molar-refractivity contribution is -0.140. The number of carbonyl (C=O) groups excluding carboxylic acids is 1. The normalized spacial score (nSPS) is 12.2. The molecule has 0 saturated heterocycles. The van der Waals surface area contributed by atoms with Crippen LogP contribution in [0.3, 0.4) is 0 Å². The van der Waals surface area contributed by atoms with Crippen LogP contribution in [0.4, 0.5) is 0 Å². The molecule has 0 radical (unpaired) electrons. The van der Waals surface area contributed by atoms with Crippen molar-refractivity contribution in [2.24, 2.45) is 5.41 Å². The van der Waals surface area contributed by atoms with Crippen LogP contribution in [0.5, 0.6) is 0 Å². The van der Waals surface area contributed by atoms with Gasteiger partial charge in [-0.3, -0.25) is 4.79 Å². The second kappa shape index (κ2) is 8.68. The lowest BCUT2D eigenvalue weighted by atomic mass is 9.91. The summed E-state index contributed by atoms with van der Waals surface area (Å²) in [7, 11) is 1.42. The average molecular weight is 307 g/mol. The molecule has 0 aliphatic rings. The van der Waals surface area contributed by atoms with Gasteiger partial charge < -0.3 is 4.74 Å². The Kier molecular flexibility index (Phi) is 7.24. The predicted molar refractivity (Wildman–Crippen MR) is 89.3 cm³/mol. The van der Waals surface area contributed by atoms with Crippen LogP contribution >= 0.6 is 11.6 Å².